The number of aromatic nitrogens is 1. The van der Waals surface area contributed by atoms with Crippen LogP contribution in [0.2, 0.25) is 0 Å². The van der Waals surface area contributed by atoms with Gasteiger partial charge in [-0.25, -0.2) is 4.98 Å². The Balaban J connectivity index is 1.71. The van der Waals surface area contributed by atoms with Gasteiger partial charge in [0.15, 0.2) is 0 Å². The molecule has 1 aromatic heterocycles. The number of rotatable bonds is 5. The molecular formula is C18H17N3O2S. The largest absolute Gasteiger partial charge is 0.497 e. The summed E-state index contributed by atoms with van der Waals surface area (Å²) >= 11 is 1.44. The van der Waals surface area contributed by atoms with Crippen molar-refractivity contribution in [1.82, 2.24) is 10.4 Å². The molecule has 5 nitrogen and oxygen atoms in total. The predicted molar refractivity (Wildman–Crippen MR) is 96.4 cm³/mol. The number of thiazole rings is 1. The van der Waals surface area contributed by atoms with Crippen LogP contribution in [0, 0.1) is 0 Å². The Bertz CT molecular complexity index is 816. The molecule has 0 saturated carbocycles. The first-order valence-electron chi connectivity index (χ1n) is 7.37. The van der Waals surface area contributed by atoms with Crippen molar-refractivity contribution in [3.05, 3.63) is 65.7 Å². The molecule has 2 aromatic carbocycles. The quantitative estimate of drug-likeness (QED) is 0.722. The zero-order chi connectivity index (χ0) is 16.9. The fourth-order valence-corrected chi connectivity index (χ4v) is 2.98. The van der Waals surface area contributed by atoms with Crippen LogP contribution in [0.1, 0.15) is 10.5 Å². The lowest BCUT2D eigenvalue weighted by atomic mass is 10.2. The van der Waals surface area contributed by atoms with Gasteiger partial charge in [-0.2, -0.15) is 0 Å². The average Bonchev–Trinajstić information content (AvgIpc) is 3.13. The van der Waals surface area contributed by atoms with Gasteiger partial charge in [-0.1, -0.05) is 18.2 Å². The highest BCUT2D eigenvalue weighted by Crippen LogP contribution is 2.25. The Labute approximate surface area is 144 Å². The van der Waals surface area contributed by atoms with E-state index < -0.39 is 0 Å². The number of hydrogen-bond acceptors (Lipinski definition) is 5. The summed E-state index contributed by atoms with van der Waals surface area (Å²) in [7, 11) is 3.42. The molecule has 122 valence electrons. The summed E-state index contributed by atoms with van der Waals surface area (Å²) in [5, 5.41) is 4.23. The maximum absolute atomic E-state index is 12.3. The standard InChI is InChI=1S/C18H17N3O2S/c1-21(14-6-4-3-5-7-14)20-17(22)16-12-24-18(19-16)13-8-10-15(23-2)11-9-13/h3-12H,1-2H3,(H,20,22). The van der Waals surface area contributed by atoms with Gasteiger partial charge in [-0.15, -0.1) is 11.3 Å². The molecule has 0 aliphatic rings. The Kier molecular flexibility index (Phi) is 4.77. The molecule has 0 saturated heterocycles. The van der Waals surface area contributed by atoms with Crippen LogP contribution < -0.4 is 15.2 Å². The molecule has 0 unspecified atom stereocenters. The lowest BCUT2D eigenvalue weighted by molar-refractivity contribution is 0.0947. The minimum Gasteiger partial charge on any atom is -0.497 e. The molecule has 6 heteroatoms. The summed E-state index contributed by atoms with van der Waals surface area (Å²) in [5.74, 6) is 0.551. The monoisotopic (exact) mass is 339 g/mol. The number of hydrazine groups is 1. The third-order valence-electron chi connectivity index (χ3n) is 3.49. The number of ether oxygens (including phenoxy) is 1. The van der Waals surface area contributed by atoms with Gasteiger partial charge in [0.05, 0.1) is 12.8 Å². The first-order chi connectivity index (χ1) is 11.7. The third-order valence-corrected chi connectivity index (χ3v) is 4.38. The second-order valence-electron chi connectivity index (χ2n) is 5.10. The summed E-state index contributed by atoms with van der Waals surface area (Å²) in [6.45, 7) is 0. The number of methoxy groups -OCH3 is 1. The molecule has 0 radical (unpaired) electrons. The van der Waals surface area contributed by atoms with E-state index in [2.05, 4.69) is 10.4 Å². The highest BCUT2D eigenvalue weighted by molar-refractivity contribution is 7.13. The minimum atomic E-state index is -0.239. The SMILES string of the molecule is COc1ccc(-c2nc(C(=O)NN(C)c3ccccc3)cs2)cc1. The molecule has 0 bridgehead atoms. The smallest absolute Gasteiger partial charge is 0.289 e. The van der Waals surface area contributed by atoms with Crippen molar-refractivity contribution >= 4 is 22.9 Å². The highest BCUT2D eigenvalue weighted by Gasteiger charge is 2.13. The first-order valence-corrected chi connectivity index (χ1v) is 8.25. The molecule has 3 aromatic rings. The Morgan fingerprint density at radius 3 is 2.50 bits per heavy atom. The topological polar surface area (TPSA) is 54.5 Å². The average molecular weight is 339 g/mol. The van der Waals surface area contributed by atoms with E-state index in [0.717, 1.165) is 22.0 Å². The number of nitrogens with zero attached hydrogens (tertiary/aromatic N) is 2. The van der Waals surface area contributed by atoms with Crippen molar-refractivity contribution in [3.8, 4) is 16.3 Å². The Morgan fingerprint density at radius 2 is 1.83 bits per heavy atom. The molecule has 0 aliphatic heterocycles. The van der Waals surface area contributed by atoms with Crippen LogP contribution in [-0.4, -0.2) is 25.0 Å². The lowest BCUT2D eigenvalue weighted by Crippen LogP contribution is -2.39. The van der Waals surface area contributed by atoms with Crippen molar-refractivity contribution in [2.45, 2.75) is 0 Å². The molecule has 0 spiro atoms. The molecule has 1 amide bonds. The second-order valence-corrected chi connectivity index (χ2v) is 5.96. The molecule has 1 N–H and O–H groups in total. The van der Waals surface area contributed by atoms with Crippen LogP contribution in [0.4, 0.5) is 5.69 Å². The van der Waals surface area contributed by atoms with Crippen LogP contribution in [0.25, 0.3) is 10.6 Å². The van der Waals surface area contributed by atoms with E-state index >= 15 is 0 Å². The van der Waals surface area contributed by atoms with Crippen molar-refractivity contribution < 1.29 is 9.53 Å². The Morgan fingerprint density at radius 1 is 1.12 bits per heavy atom. The zero-order valence-electron chi connectivity index (χ0n) is 13.4. The van der Waals surface area contributed by atoms with E-state index in [9.17, 15) is 4.79 Å². The molecule has 3 rings (SSSR count). The number of nitrogens with one attached hydrogen (secondary N) is 1. The van der Waals surface area contributed by atoms with Crippen molar-refractivity contribution in [1.29, 1.82) is 0 Å². The number of benzene rings is 2. The van der Waals surface area contributed by atoms with Crippen molar-refractivity contribution in [3.63, 3.8) is 0 Å². The van der Waals surface area contributed by atoms with Crippen LogP contribution in [0.3, 0.4) is 0 Å². The number of anilines is 1. The first kappa shape index (κ1) is 16.0. The van der Waals surface area contributed by atoms with Crippen molar-refractivity contribution in [2.75, 3.05) is 19.2 Å². The van der Waals surface area contributed by atoms with Crippen molar-refractivity contribution in [2.24, 2.45) is 0 Å². The van der Waals surface area contributed by atoms with E-state index in [0.29, 0.717) is 5.69 Å². The van der Waals surface area contributed by atoms with Gasteiger partial charge >= 0.3 is 0 Å². The third kappa shape index (κ3) is 3.55. The molecule has 1 heterocycles. The van der Waals surface area contributed by atoms with Gasteiger partial charge in [0.25, 0.3) is 5.91 Å². The van der Waals surface area contributed by atoms with Crippen LogP contribution in [0.5, 0.6) is 5.75 Å². The van der Waals surface area contributed by atoms with Gasteiger partial charge < -0.3 is 4.74 Å². The molecule has 0 aliphatic carbocycles. The lowest BCUT2D eigenvalue weighted by Gasteiger charge is -2.19. The number of para-hydroxylation sites is 1. The summed E-state index contributed by atoms with van der Waals surface area (Å²) < 4.78 is 5.15. The van der Waals surface area contributed by atoms with E-state index in [1.54, 1.807) is 24.5 Å². The van der Waals surface area contributed by atoms with Gasteiger partial charge in [-0.3, -0.25) is 15.2 Å². The van der Waals surface area contributed by atoms with E-state index in [1.807, 2.05) is 54.6 Å². The fraction of sp³-hybridized carbons (Fsp3) is 0.111. The fourth-order valence-electron chi connectivity index (χ4n) is 2.17. The molecular weight excluding hydrogens is 322 g/mol. The van der Waals surface area contributed by atoms with Crippen LogP contribution in [-0.2, 0) is 0 Å². The number of carbonyl (C=O) groups excluding carboxylic acids is 1. The maximum Gasteiger partial charge on any atom is 0.289 e. The normalized spacial score (nSPS) is 10.2. The molecule has 0 fully saturated rings. The molecule has 24 heavy (non-hydrogen) atoms. The summed E-state index contributed by atoms with van der Waals surface area (Å²) in [6.07, 6.45) is 0. The van der Waals surface area contributed by atoms with Crippen LogP contribution >= 0.6 is 11.3 Å². The minimum absolute atomic E-state index is 0.239. The van der Waals surface area contributed by atoms with Gasteiger partial charge in [0, 0.05) is 18.0 Å². The summed E-state index contributed by atoms with van der Waals surface area (Å²) in [5.41, 5.74) is 5.07. The van der Waals surface area contributed by atoms with E-state index in [4.69, 9.17) is 4.74 Å². The zero-order valence-corrected chi connectivity index (χ0v) is 14.2. The van der Waals surface area contributed by atoms with Crippen LogP contribution in [0.15, 0.2) is 60.0 Å². The predicted octanol–water partition coefficient (Wildman–Crippen LogP) is 3.60. The summed E-state index contributed by atoms with van der Waals surface area (Å²) in [4.78, 5) is 16.8. The van der Waals surface area contributed by atoms with Gasteiger partial charge in [0.1, 0.15) is 16.5 Å². The van der Waals surface area contributed by atoms with E-state index in [1.165, 1.54) is 11.3 Å². The Hall–Kier alpha value is -2.86. The number of carbonyl (C=O) groups is 1. The highest BCUT2D eigenvalue weighted by atomic mass is 32.1. The second kappa shape index (κ2) is 7.14. The summed E-state index contributed by atoms with van der Waals surface area (Å²) in [6, 6.07) is 17.2. The number of hydrogen-bond donors (Lipinski definition) is 1. The maximum atomic E-state index is 12.3. The van der Waals surface area contributed by atoms with E-state index in [-0.39, 0.29) is 5.91 Å². The molecule has 0 atom stereocenters. The van der Waals surface area contributed by atoms with Gasteiger partial charge in [-0.05, 0) is 36.4 Å². The van der Waals surface area contributed by atoms with Gasteiger partial charge in [0.2, 0.25) is 0 Å². The number of amides is 1.